The van der Waals surface area contributed by atoms with E-state index in [1.165, 1.54) is 16.0 Å². The fraction of sp³-hybridized carbons (Fsp3) is 0.450. The van der Waals surface area contributed by atoms with Crippen LogP contribution >= 0.6 is 11.3 Å². The summed E-state index contributed by atoms with van der Waals surface area (Å²) in [5, 5.41) is 3.76. The van der Waals surface area contributed by atoms with Gasteiger partial charge in [-0.2, -0.15) is 0 Å². The van der Waals surface area contributed by atoms with Crippen LogP contribution < -0.4 is 5.32 Å². The van der Waals surface area contributed by atoms with Gasteiger partial charge in [0.05, 0.1) is 5.00 Å². The number of nitrogens with zero attached hydrogens (tertiary/aromatic N) is 1. The summed E-state index contributed by atoms with van der Waals surface area (Å²) in [6, 6.07) is 12.7. The van der Waals surface area contributed by atoms with Crippen LogP contribution in [0.5, 0.6) is 0 Å². The van der Waals surface area contributed by atoms with Crippen LogP contribution in [0.1, 0.15) is 36.8 Å². The van der Waals surface area contributed by atoms with Gasteiger partial charge in [-0.3, -0.25) is 10.2 Å². The Morgan fingerprint density at radius 2 is 1.92 bits per heavy atom. The van der Waals surface area contributed by atoms with Crippen LogP contribution in [-0.4, -0.2) is 29.7 Å². The molecule has 4 nitrogen and oxygen atoms in total. The number of benzene rings is 1. The monoisotopic (exact) mass is 358 g/mol. The van der Waals surface area contributed by atoms with E-state index in [2.05, 4.69) is 46.6 Å². The minimum absolute atomic E-state index is 0.380. The van der Waals surface area contributed by atoms with Crippen LogP contribution in [0, 0.1) is 0 Å². The molecule has 134 valence electrons. The van der Waals surface area contributed by atoms with Gasteiger partial charge in [-0.1, -0.05) is 30.3 Å². The van der Waals surface area contributed by atoms with Gasteiger partial charge in [0.2, 0.25) is 0 Å². The highest BCUT2D eigenvalue weighted by Crippen LogP contribution is 2.30. The van der Waals surface area contributed by atoms with Gasteiger partial charge in [0, 0.05) is 24.5 Å². The third-order valence-corrected chi connectivity index (χ3v) is 5.27. The molecule has 0 saturated carbocycles. The van der Waals surface area contributed by atoms with Crippen LogP contribution in [0.15, 0.2) is 36.4 Å². The number of fused-ring (bicyclic) bond motifs is 1. The van der Waals surface area contributed by atoms with Crippen molar-refractivity contribution in [2.45, 2.75) is 45.8 Å². The Morgan fingerprint density at radius 1 is 1.20 bits per heavy atom. The largest absolute Gasteiger partial charge is 0.444 e. The maximum absolute atomic E-state index is 11.9. The van der Waals surface area contributed by atoms with Crippen LogP contribution in [0.4, 0.5) is 9.80 Å². The Labute approximate surface area is 153 Å². The highest BCUT2D eigenvalue weighted by atomic mass is 32.1. The van der Waals surface area contributed by atoms with Gasteiger partial charge in [0.15, 0.2) is 0 Å². The summed E-state index contributed by atoms with van der Waals surface area (Å²) >= 11 is 1.67. The topological polar surface area (TPSA) is 41.6 Å². The lowest BCUT2D eigenvalue weighted by Gasteiger charge is -2.20. The average Bonchev–Trinajstić information content (AvgIpc) is 2.81. The van der Waals surface area contributed by atoms with Crippen molar-refractivity contribution >= 4 is 22.4 Å². The first-order valence-corrected chi connectivity index (χ1v) is 9.58. The summed E-state index contributed by atoms with van der Waals surface area (Å²) in [6.07, 6.45) is 1.67. The highest BCUT2D eigenvalue weighted by Gasteiger charge is 2.20. The third kappa shape index (κ3) is 5.31. The molecule has 1 aliphatic heterocycles. The van der Waals surface area contributed by atoms with Crippen molar-refractivity contribution in [1.82, 2.24) is 4.90 Å². The van der Waals surface area contributed by atoms with Crippen molar-refractivity contribution in [2.24, 2.45) is 0 Å². The predicted molar refractivity (Wildman–Crippen MR) is 103 cm³/mol. The van der Waals surface area contributed by atoms with E-state index in [-0.39, 0.29) is 6.09 Å². The lowest BCUT2D eigenvalue weighted by atomic mass is 10.2. The molecule has 1 aromatic heterocycles. The predicted octanol–water partition coefficient (Wildman–Crippen LogP) is 4.70. The van der Waals surface area contributed by atoms with Gasteiger partial charge in [0.1, 0.15) is 5.60 Å². The Hall–Kier alpha value is -1.85. The SMILES string of the molecule is CC(C)(C)OC(=O)Nc1cc2c(s1)CCN(Cc1ccccc1)CC2. The minimum Gasteiger partial charge on any atom is -0.444 e. The smallest absolute Gasteiger partial charge is 0.412 e. The Kier molecular flexibility index (Phi) is 5.45. The van der Waals surface area contributed by atoms with Gasteiger partial charge in [-0.25, -0.2) is 4.79 Å². The molecular formula is C20H26N2O2S. The second kappa shape index (κ2) is 7.58. The van der Waals surface area contributed by atoms with Gasteiger partial charge in [-0.05, 0) is 50.8 Å². The highest BCUT2D eigenvalue weighted by molar-refractivity contribution is 7.16. The van der Waals surface area contributed by atoms with Gasteiger partial charge >= 0.3 is 6.09 Å². The van der Waals surface area contributed by atoms with E-state index in [1.807, 2.05) is 20.8 Å². The van der Waals surface area contributed by atoms with E-state index in [9.17, 15) is 4.79 Å². The summed E-state index contributed by atoms with van der Waals surface area (Å²) in [5.74, 6) is 0. The maximum Gasteiger partial charge on any atom is 0.412 e. The van der Waals surface area contributed by atoms with Crippen molar-refractivity contribution in [3.05, 3.63) is 52.4 Å². The lowest BCUT2D eigenvalue weighted by molar-refractivity contribution is 0.0636. The molecule has 0 fully saturated rings. The second-order valence-electron chi connectivity index (χ2n) is 7.45. The molecule has 0 bridgehead atoms. The average molecular weight is 359 g/mol. The van der Waals surface area contributed by atoms with Gasteiger partial charge < -0.3 is 4.74 Å². The molecule has 0 aliphatic carbocycles. The molecule has 1 aromatic carbocycles. The normalized spacial score (nSPS) is 15.3. The van der Waals surface area contributed by atoms with E-state index >= 15 is 0 Å². The van der Waals surface area contributed by atoms with Crippen LogP contribution in [0.25, 0.3) is 0 Å². The molecule has 0 radical (unpaired) electrons. The van der Waals surface area contributed by atoms with E-state index in [4.69, 9.17) is 4.74 Å². The molecule has 1 amide bonds. The minimum atomic E-state index is -0.476. The molecule has 25 heavy (non-hydrogen) atoms. The summed E-state index contributed by atoms with van der Waals surface area (Å²) in [4.78, 5) is 15.8. The number of hydrogen-bond acceptors (Lipinski definition) is 4. The Balaban J connectivity index is 1.57. The Morgan fingerprint density at radius 3 is 2.64 bits per heavy atom. The first-order valence-electron chi connectivity index (χ1n) is 8.77. The number of carbonyl (C=O) groups is 1. The zero-order valence-corrected chi connectivity index (χ0v) is 16.0. The molecule has 0 saturated heterocycles. The van der Waals surface area contributed by atoms with Crippen LogP contribution in [0.2, 0.25) is 0 Å². The zero-order chi connectivity index (χ0) is 17.9. The first kappa shape index (κ1) is 18.0. The van der Waals surface area contributed by atoms with Crippen LogP contribution in [-0.2, 0) is 24.1 Å². The number of anilines is 1. The molecule has 2 heterocycles. The lowest BCUT2D eigenvalue weighted by Crippen LogP contribution is -2.27. The van der Waals surface area contributed by atoms with Crippen molar-refractivity contribution in [3.63, 3.8) is 0 Å². The number of carbonyl (C=O) groups excluding carboxylic acids is 1. The number of ether oxygens (including phenoxy) is 1. The van der Waals surface area contributed by atoms with Crippen molar-refractivity contribution < 1.29 is 9.53 Å². The maximum atomic E-state index is 11.9. The van der Waals surface area contributed by atoms with Gasteiger partial charge in [-0.15, -0.1) is 11.3 Å². The van der Waals surface area contributed by atoms with E-state index in [0.717, 1.165) is 37.5 Å². The summed E-state index contributed by atoms with van der Waals surface area (Å²) in [6.45, 7) is 8.71. The zero-order valence-electron chi connectivity index (χ0n) is 15.2. The molecule has 2 aromatic rings. The molecule has 0 atom stereocenters. The molecule has 0 spiro atoms. The fourth-order valence-corrected chi connectivity index (χ4v) is 4.09. The van der Waals surface area contributed by atoms with E-state index in [0.29, 0.717) is 0 Å². The second-order valence-corrected chi connectivity index (χ2v) is 8.58. The number of thiophene rings is 1. The first-order chi connectivity index (χ1) is 11.9. The summed E-state index contributed by atoms with van der Waals surface area (Å²) in [7, 11) is 0. The van der Waals surface area contributed by atoms with Crippen molar-refractivity contribution in [3.8, 4) is 0 Å². The summed E-state index contributed by atoms with van der Waals surface area (Å²) < 4.78 is 5.33. The molecule has 1 N–H and O–H groups in total. The number of amides is 1. The van der Waals surface area contributed by atoms with E-state index in [1.54, 1.807) is 11.3 Å². The van der Waals surface area contributed by atoms with Crippen molar-refractivity contribution in [2.75, 3.05) is 18.4 Å². The van der Waals surface area contributed by atoms with Crippen molar-refractivity contribution in [1.29, 1.82) is 0 Å². The van der Waals surface area contributed by atoms with E-state index < -0.39 is 5.60 Å². The molecule has 1 aliphatic rings. The number of hydrogen-bond donors (Lipinski definition) is 1. The Bertz CT molecular complexity index is 694. The standard InChI is InChI=1S/C20H26N2O2S/c1-20(2,3)24-19(23)21-18-13-16-9-11-22(12-10-17(16)25-18)14-15-7-5-4-6-8-15/h4-8,13H,9-12,14H2,1-3H3,(H,21,23). The summed E-state index contributed by atoms with van der Waals surface area (Å²) in [5.41, 5.74) is 2.24. The molecular weight excluding hydrogens is 332 g/mol. The molecule has 3 rings (SSSR count). The van der Waals surface area contributed by atoms with Gasteiger partial charge in [0.25, 0.3) is 0 Å². The van der Waals surface area contributed by atoms with Crippen LogP contribution in [0.3, 0.4) is 0 Å². The number of nitrogens with one attached hydrogen (secondary N) is 1. The quantitative estimate of drug-likeness (QED) is 0.865. The third-order valence-electron chi connectivity index (χ3n) is 4.12. The fourth-order valence-electron chi connectivity index (χ4n) is 3.01. The molecule has 0 unspecified atom stereocenters. The number of rotatable bonds is 3. The molecule has 5 heteroatoms.